The van der Waals surface area contributed by atoms with E-state index in [2.05, 4.69) is 0 Å². The van der Waals surface area contributed by atoms with E-state index in [0.29, 0.717) is 0 Å². The normalized spacial score (nSPS) is 23.3. The zero-order chi connectivity index (χ0) is 10.1. The molecule has 3 heteroatoms. The average molecular weight is 188 g/mol. The van der Waals surface area contributed by atoms with Crippen LogP contribution in [0.3, 0.4) is 0 Å². The molecule has 0 atom stereocenters. The van der Waals surface area contributed by atoms with E-state index in [1.807, 2.05) is 36.5 Å². The third-order valence-electron chi connectivity index (χ3n) is 2.40. The van der Waals surface area contributed by atoms with Crippen molar-refractivity contribution < 1.29 is 0 Å². The molecule has 1 aromatic heterocycles. The van der Waals surface area contributed by atoms with Crippen molar-refractivity contribution in [2.24, 2.45) is 14.1 Å². The molecular weight excluding hydrogens is 176 g/mol. The predicted molar refractivity (Wildman–Crippen MR) is 57.1 cm³/mol. The Morgan fingerprint density at radius 1 is 0.857 bits per heavy atom. The molecule has 0 bridgehead atoms. The van der Waals surface area contributed by atoms with E-state index in [0.717, 1.165) is 10.7 Å². The second-order valence-corrected chi connectivity index (χ2v) is 3.27. The number of nitrogens with zero attached hydrogens (tertiary/aromatic N) is 2. The molecule has 0 N–H and O–H groups in total. The predicted octanol–water partition coefficient (Wildman–Crippen LogP) is -0.589. The molecule has 0 amide bonds. The van der Waals surface area contributed by atoms with Crippen molar-refractivity contribution >= 4 is 12.2 Å². The van der Waals surface area contributed by atoms with Crippen molar-refractivity contribution in [2.45, 2.75) is 0 Å². The minimum absolute atomic E-state index is 0.00574. The number of allylic oxidation sites excluding steroid dienone is 4. The fourth-order valence-corrected chi connectivity index (χ4v) is 1.59. The van der Waals surface area contributed by atoms with Gasteiger partial charge in [-0.05, 0) is 12.2 Å². The van der Waals surface area contributed by atoms with Crippen LogP contribution in [-0.4, -0.2) is 9.13 Å². The fourth-order valence-electron chi connectivity index (χ4n) is 1.59. The third-order valence-corrected chi connectivity index (χ3v) is 2.40. The first-order chi connectivity index (χ1) is 6.72. The number of hydrogen-bond donors (Lipinski definition) is 0. The van der Waals surface area contributed by atoms with Gasteiger partial charge in [-0.3, -0.25) is 9.13 Å². The standard InChI is InChI=1S/C11H12N2O/c1-12-9-7-5-3-4-6-8-10(9)13(2)11(12)14/h3-8H,1-2H3/b4-3?,5-3-,6-4-,7-5?,8-6?,9-7+,10-8+. The number of hydrogen-bond acceptors (Lipinski definition) is 1. The van der Waals surface area contributed by atoms with Crippen LogP contribution in [0.5, 0.6) is 0 Å². The van der Waals surface area contributed by atoms with Gasteiger partial charge in [0.2, 0.25) is 0 Å². The Morgan fingerprint density at radius 2 is 1.29 bits per heavy atom. The van der Waals surface area contributed by atoms with Crippen LogP contribution in [0.2, 0.25) is 0 Å². The van der Waals surface area contributed by atoms with Crippen molar-refractivity contribution in [3.05, 3.63) is 45.5 Å². The van der Waals surface area contributed by atoms with E-state index >= 15 is 0 Å². The number of aromatic nitrogens is 2. The van der Waals surface area contributed by atoms with E-state index in [9.17, 15) is 4.79 Å². The number of rotatable bonds is 0. The van der Waals surface area contributed by atoms with Gasteiger partial charge >= 0.3 is 5.69 Å². The van der Waals surface area contributed by atoms with E-state index in [1.165, 1.54) is 0 Å². The molecule has 72 valence electrons. The lowest BCUT2D eigenvalue weighted by molar-refractivity contribution is 0.761. The summed E-state index contributed by atoms with van der Waals surface area (Å²) in [6.07, 6.45) is 11.6. The third kappa shape index (κ3) is 1.18. The van der Waals surface area contributed by atoms with Gasteiger partial charge in [0.05, 0.1) is 10.7 Å². The van der Waals surface area contributed by atoms with Crippen molar-refractivity contribution in [3.8, 4) is 0 Å². The van der Waals surface area contributed by atoms with Crippen LogP contribution in [0, 0.1) is 0 Å². The molecule has 0 saturated heterocycles. The summed E-state index contributed by atoms with van der Waals surface area (Å²) in [4.78, 5) is 11.6. The minimum Gasteiger partial charge on any atom is -0.295 e. The minimum atomic E-state index is 0.00574. The summed E-state index contributed by atoms with van der Waals surface area (Å²) >= 11 is 0. The highest BCUT2D eigenvalue weighted by Gasteiger charge is 2.01. The Labute approximate surface area is 81.6 Å². The molecule has 0 saturated carbocycles. The zero-order valence-corrected chi connectivity index (χ0v) is 8.27. The van der Waals surface area contributed by atoms with Crippen molar-refractivity contribution in [3.63, 3.8) is 0 Å². The Morgan fingerprint density at radius 3 is 1.71 bits per heavy atom. The molecular formula is C11H12N2O. The van der Waals surface area contributed by atoms with Gasteiger partial charge in [0.15, 0.2) is 0 Å². The second-order valence-electron chi connectivity index (χ2n) is 3.27. The van der Waals surface area contributed by atoms with Crippen molar-refractivity contribution in [1.82, 2.24) is 9.13 Å². The van der Waals surface area contributed by atoms with Gasteiger partial charge in [-0.15, -0.1) is 0 Å². The molecule has 1 aliphatic rings. The molecule has 0 aromatic carbocycles. The van der Waals surface area contributed by atoms with Crippen LogP contribution in [0.25, 0.3) is 12.2 Å². The van der Waals surface area contributed by atoms with Gasteiger partial charge in [-0.2, -0.15) is 0 Å². The van der Waals surface area contributed by atoms with Crippen molar-refractivity contribution in [2.75, 3.05) is 0 Å². The quantitative estimate of drug-likeness (QED) is 0.534. The van der Waals surface area contributed by atoms with Gasteiger partial charge in [0.1, 0.15) is 0 Å². The first kappa shape index (κ1) is 8.81. The Balaban J connectivity index is 3.03. The summed E-state index contributed by atoms with van der Waals surface area (Å²) in [6.45, 7) is 0. The molecule has 0 radical (unpaired) electrons. The highest BCUT2D eigenvalue weighted by Crippen LogP contribution is 1.82. The van der Waals surface area contributed by atoms with Gasteiger partial charge in [-0.25, -0.2) is 4.79 Å². The topological polar surface area (TPSA) is 26.9 Å². The maximum atomic E-state index is 11.6. The Hall–Kier alpha value is -1.77. The molecule has 1 heterocycles. The van der Waals surface area contributed by atoms with Crippen LogP contribution in [0.15, 0.2) is 29.1 Å². The van der Waals surface area contributed by atoms with Gasteiger partial charge < -0.3 is 0 Å². The molecule has 1 aliphatic carbocycles. The maximum absolute atomic E-state index is 11.6. The van der Waals surface area contributed by atoms with Gasteiger partial charge in [0, 0.05) is 14.1 Å². The highest BCUT2D eigenvalue weighted by molar-refractivity contribution is 5.45. The SMILES string of the molecule is Cn1c(=O)n(C)c2/c1=C\C=C/C=C\C=2. The summed E-state index contributed by atoms with van der Waals surface area (Å²) in [5.41, 5.74) is 0.00574. The Bertz CT molecular complexity index is 532. The molecule has 14 heavy (non-hydrogen) atoms. The summed E-state index contributed by atoms with van der Waals surface area (Å²) in [6, 6.07) is 0. The lowest BCUT2D eigenvalue weighted by Crippen LogP contribution is -2.31. The molecule has 0 unspecified atom stereocenters. The van der Waals surface area contributed by atoms with E-state index in [4.69, 9.17) is 0 Å². The Kier molecular flexibility index (Phi) is 2.00. The molecule has 0 spiro atoms. The lowest BCUT2D eigenvalue weighted by atomic mass is 10.3. The van der Waals surface area contributed by atoms with Crippen LogP contribution in [0.1, 0.15) is 0 Å². The van der Waals surface area contributed by atoms with Gasteiger partial charge in [-0.1, -0.05) is 24.3 Å². The monoisotopic (exact) mass is 188 g/mol. The maximum Gasteiger partial charge on any atom is 0.328 e. The first-order valence-electron chi connectivity index (χ1n) is 4.49. The van der Waals surface area contributed by atoms with Gasteiger partial charge in [0.25, 0.3) is 0 Å². The zero-order valence-electron chi connectivity index (χ0n) is 8.27. The average Bonchev–Trinajstić information content (AvgIpc) is 2.31. The fraction of sp³-hybridized carbons (Fsp3) is 0.182. The smallest absolute Gasteiger partial charge is 0.295 e. The lowest BCUT2D eigenvalue weighted by Gasteiger charge is -1.88. The second kappa shape index (κ2) is 3.18. The van der Waals surface area contributed by atoms with Crippen LogP contribution < -0.4 is 16.4 Å². The molecule has 1 aromatic rings. The number of fused-ring (bicyclic) bond motifs is 1. The largest absolute Gasteiger partial charge is 0.328 e. The molecule has 0 fully saturated rings. The highest BCUT2D eigenvalue weighted by atomic mass is 16.1. The summed E-state index contributed by atoms with van der Waals surface area (Å²) in [5, 5.41) is 1.89. The van der Waals surface area contributed by atoms with E-state index in [1.54, 1.807) is 23.2 Å². The molecule has 3 nitrogen and oxygen atoms in total. The summed E-state index contributed by atoms with van der Waals surface area (Å²) in [5.74, 6) is 0. The summed E-state index contributed by atoms with van der Waals surface area (Å²) < 4.78 is 3.30. The first-order valence-corrected chi connectivity index (χ1v) is 4.49. The van der Waals surface area contributed by atoms with Crippen LogP contribution in [0.4, 0.5) is 0 Å². The summed E-state index contributed by atoms with van der Waals surface area (Å²) in [7, 11) is 3.56. The molecule has 0 aliphatic heterocycles. The van der Waals surface area contributed by atoms with E-state index < -0.39 is 0 Å². The van der Waals surface area contributed by atoms with Crippen LogP contribution in [-0.2, 0) is 14.1 Å². The molecule has 2 rings (SSSR count). The van der Waals surface area contributed by atoms with Crippen LogP contribution >= 0.6 is 0 Å². The van der Waals surface area contributed by atoms with Crippen molar-refractivity contribution in [1.29, 1.82) is 0 Å². The van der Waals surface area contributed by atoms with E-state index in [-0.39, 0.29) is 5.69 Å². The number of imidazole rings is 1.